The Morgan fingerprint density at radius 2 is 2.11 bits per heavy atom. The van der Waals surface area contributed by atoms with Crippen molar-refractivity contribution in [2.24, 2.45) is 0 Å². The van der Waals surface area contributed by atoms with Crippen LogP contribution in [-0.2, 0) is 0 Å². The molecule has 0 fully saturated rings. The largest absolute Gasteiger partial charge is 0.444 e. The Kier molecular flexibility index (Phi) is 4.88. The maximum atomic E-state index is 12.9. The molecule has 106 valence electrons. The molecule has 0 aliphatic heterocycles. The lowest BCUT2D eigenvalue weighted by Gasteiger charge is -2.18. The van der Waals surface area contributed by atoms with Crippen molar-refractivity contribution in [2.75, 3.05) is 19.4 Å². The summed E-state index contributed by atoms with van der Waals surface area (Å²) in [5.74, 6) is -0.315. The summed E-state index contributed by atoms with van der Waals surface area (Å²) in [4.78, 5) is 12.6. The topological polar surface area (TPSA) is 41.6 Å². The second-order valence-electron chi connectivity index (χ2n) is 3.82. The highest BCUT2D eigenvalue weighted by Gasteiger charge is 2.42. The van der Waals surface area contributed by atoms with Gasteiger partial charge in [-0.2, -0.15) is 8.78 Å². The van der Waals surface area contributed by atoms with Crippen molar-refractivity contribution in [3.05, 3.63) is 24.3 Å². The van der Waals surface area contributed by atoms with Gasteiger partial charge in [-0.3, -0.25) is 0 Å². The fourth-order valence-corrected chi connectivity index (χ4v) is 1.12. The van der Waals surface area contributed by atoms with Gasteiger partial charge in [-0.1, -0.05) is 17.7 Å². The van der Waals surface area contributed by atoms with E-state index < -0.39 is 17.8 Å². The zero-order valence-corrected chi connectivity index (χ0v) is 10.9. The quantitative estimate of drug-likeness (QED) is 0.866. The van der Waals surface area contributed by atoms with Gasteiger partial charge in [0.15, 0.2) is 0 Å². The minimum Gasteiger partial charge on any atom is -0.429 e. The summed E-state index contributed by atoms with van der Waals surface area (Å²) in [5, 5.41) is 2.43. The van der Waals surface area contributed by atoms with Crippen LogP contribution in [0.1, 0.15) is 0 Å². The van der Waals surface area contributed by atoms with Gasteiger partial charge < -0.3 is 15.0 Å². The average Bonchev–Trinajstić information content (AvgIpc) is 2.28. The summed E-state index contributed by atoms with van der Waals surface area (Å²) < 4.78 is 42.4. The highest BCUT2D eigenvalue weighted by Crippen LogP contribution is 2.29. The van der Waals surface area contributed by atoms with Crippen LogP contribution in [0.2, 0.25) is 0 Å². The van der Waals surface area contributed by atoms with Gasteiger partial charge in [0, 0.05) is 25.8 Å². The Bertz CT molecular complexity index is 455. The number of ether oxygens (including phenoxy) is 1. The zero-order valence-electron chi connectivity index (χ0n) is 10.2. The molecule has 1 aromatic rings. The number of urea groups is 1. The van der Waals surface area contributed by atoms with Gasteiger partial charge in [-0.05, 0) is 12.1 Å². The summed E-state index contributed by atoms with van der Waals surface area (Å²) in [6, 6.07) is 4.73. The number of nitrogens with one attached hydrogen (secondary N) is 1. The first kappa shape index (κ1) is 15.4. The van der Waals surface area contributed by atoms with Crippen LogP contribution in [0.15, 0.2) is 24.3 Å². The van der Waals surface area contributed by atoms with Crippen molar-refractivity contribution in [2.45, 2.75) is 11.7 Å². The van der Waals surface area contributed by atoms with Crippen LogP contribution in [0, 0.1) is 0 Å². The van der Waals surface area contributed by atoms with Crippen LogP contribution >= 0.6 is 11.6 Å². The number of alkyl halides is 4. The summed E-state index contributed by atoms with van der Waals surface area (Å²) in [7, 11) is 3.04. The predicted octanol–water partition coefficient (Wildman–Crippen LogP) is 3.29. The standard InChI is InChI=1S/C11H12ClF3N2O2/c1-17(2)10(18)16-7-4-3-5-8(6-7)19-11(14,15)9(12)13/h3-6,9H,1-2H3,(H,16,18). The van der Waals surface area contributed by atoms with Gasteiger partial charge >= 0.3 is 12.1 Å². The van der Waals surface area contributed by atoms with Gasteiger partial charge in [-0.25, -0.2) is 9.18 Å². The lowest BCUT2D eigenvalue weighted by Crippen LogP contribution is -2.32. The molecule has 1 aromatic carbocycles. The Morgan fingerprint density at radius 3 is 2.63 bits per heavy atom. The predicted molar refractivity (Wildman–Crippen MR) is 65.5 cm³/mol. The fourth-order valence-electron chi connectivity index (χ4n) is 1.07. The molecule has 1 rings (SSSR count). The van der Waals surface area contributed by atoms with E-state index in [9.17, 15) is 18.0 Å². The van der Waals surface area contributed by atoms with E-state index in [0.717, 1.165) is 6.07 Å². The summed E-state index contributed by atoms with van der Waals surface area (Å²) >= 11 is 4.67. The van der Waals surface area contributed by atoms with Gasteiger partial charge in [0.2, 0.25) is 0 Å². The van der Waals surface area contributed by atoms with Crippen LogP contribution in [-0.4, -0.2) is 36.8 Å². The summed E-state index contributed by atoms with van der Waals surface area (Å²) in [6.07, 6.45) is -4.15. The number of benzene rings is 1. The smallest absolute Gasteiger partial charge is 0.429 e. The molecule has 0 heterocycles. The normalized spacial score (nSPS) is 12.7. The van der Waals surface area contributed by atoms with E-state index in [0.29, 0.717) is 0 Å². The van der Waals surface area contributed by atoms with Gasteiger partial charge in [0.25, 0.3) is 5.63 Å². The Balaban J connectivity index is 2.80. The Labute approximate surface area is 113 Å². The molecule has 0 aromatic heterocycles. The van der Waals surface area contributed by atoms with Gasteiger partial charge in [0.1, 0.15) is 5.75 Å². The van der Waals surface area contributed by atoms with Crippen LogP contribution in [0.4, 0.5) is 23.7 Å². The summed E-state index contributed by atoms with van der Waals surface area (Å²) in [6.45, 7) is 0. The van der Waals surface area contributed by atoms with E-state index in [1.54, 1.807) is 0 Å². The average molecular weight is 297 g/mol. The molecule has 0 bridgehead atoms. The van der Waals surface area contributed by atoms with E-state index in [1.165, 1.54) is 37.2 Å². The molecule has 0 aliphatic carbocycles. The van der Waals surface area contributed by atoms with Crippen LogP contribution < -0.4 is 10.1 Å². The van der Waals surface area contributed by atoms with Crippen molar-refractivity contribution in [3.8, 4) is 5.75 Å². The van der Waals surface area contributed by atoms with Crippen LogP contribution in [0.25, 0.3) is 0 Å². The van der Waals surface area contributed by atoms with Crippen LogP contribution in [0.3, 0.4) is 0 Å². The first-order valence-electron chi connectivity index (χ1n) is 5.15. The maximum absolute atomic E-state index is 12.9. The molecule has 19 heavy (non-hydrogen) atoms. The molecule has 1 atom stereocenters. The van der Waals surface area contributed by atoms with Gasteiger partial charge in [0.05, 0.1) is 0 Å². The number of hydrogen-bond donors (Lipinski definition) is 1. The molecule has 4 nitrogen and oxygen atoms in total. The third-order valence-corrected chi connectivity index (χ3v) is 2.25. The highest BCUT2D eigenvalue weighted by atomic mass is 35.5. The minimum atomic E-state index is -4.15. The molecule has 1 N–H and O–H groups in total. The number of carbonyl (C=O) groups is 1. The lowest BCUT2D eigenvalue weighted by atomic mass is 10.3. The minimum absolute atomic E-state index is 0.233. The van der Waals surface area contributed by atoms with Crippen molar-refractivity contribution in [1.29, 1.82) is 0 Å². The van der Waals surface area contributed by atoms with E-state index in [4.69, 9.17) is 0 Å². The second kappa shape index (κ2) is 6.01. The maximum Gasteiger partial charge on any atom is 0.444 e. The molecular weight excluding hydrogens is 285 g/mol. The lowest BCUT2D eigenvalue weighted by molar-refractivity contribution is -0.198. The van der Waals surface area contributed by atoms with Crippen LogP contribution in [0.5, 0.6) is 5.75 Å². The third kappa shape index (κ3) is 4.51. The van der Waals surface area contributed by atoms with Crippen molar-refractivity contribution in [1.82, 2.24) is 4.90 Å². The first-order valence-corrected chi connectivity index (χ1v) is 5.59. The number of nitrogens with zero attached hydrogens (tertiary/aromatic N) is 1. The Morgan fingerprint density at radius 1 is 1.47 bits per heavy atom. The molecule has 8 heteroatoms. The Hall–Kier alpha value is -1.63. The number of rotatable bonds is 4. The van der Waals surface area contributed by atoms with E-state index in [-0.39, 0.29) is 11.4 Å². The molecule has 0 saturated carbocycles. The van der Waals surface area contributed by atoms with Gasteiger partial charge in [-0.15, -0.1) is 0 Å². The summed E-state index contributed by atoms with van der Waals surface area (Å²) in [5.41, 5.74) is -2.73. The van der Waals surface area contributed by atoms with E-state index >= 15 is 0 Å². The molecule has 0 saturated heterocycles. The highest BCUT2D eigenvalue weighted by molar-refractivity contribution is 6.20. The number of hydrogen-bond acceptors (Lipinski definition) is 2. The molecular formula is C11H12ClF3N2O2. The molecule has 0 radical (unpaired) electrons. The first-order chi connectivity index (χ1) is 8.72. The number of carbonyl (C=O) groups excluding carboxylic acids is 1. The van der Waals surface area contributed by atoms with Crippen molar-refractivity contribution < 1.29 is 22.7 Å². The second-order valence-corrected chi connectivity index (χ2v) is 4.20. The fraction of sp³-hybridized carbons (Fsp3) is 0.364. The monoisotopic (exact) mass is 296 g/mol. The number of anilines is 1. The molecule has 0 spiro atoms. The molecule has 0 aliphatic rings. The molecule has 2 amide bonds. The van der Waals surface area contributed by atoms with E-state index in [2.05, 4.69) is 21.7 Å². The number of amides is 2. The number of halogens is 4. The van der Waals surface area contributed by atoms with Crippen molar-refractivity contribution >= 4 is 23.3 Å². The molecule has 1 unspecified atom stereocenters. The van der Waals surface area contributed by atoms with E-state index in [1.807, 2.05) is 0 Å². The van der Waals surface area contributed by atoms with Crippen molar-refractivity contribution in [3.63, 3.8) is 0 Å². The SMILES string of the molecule is CN(C)C(=O)Nc1cccc(OC(F)(F)C(F)Cl)c1. The zero-order chi connectivity index (χ0) is 14.6. The third-order valence-electron chi connectivity index (χ3n) is 2.00.